The highest BCUT2D eigenvalue weighted by molar-refractivity contribution is 6.04. The summed E-state index contributed by atoms with van der Waals surface area (Å²) in [4.78, 5) is 14.2. The number of nitrogens with one attached hydrogen (secondary N) is 1. The summed E-state index contributed by atoms with van der Waals surface area (Å²) in [5.41, 5.74) is 1.58. The number of fused-ring (bicyclic) bond motifs is 1. The van der Waals surface area contributed by atoms with Crippen LogP contribution in [0.3, 0.4) is 0 Å². The number of amides is 1. The van der Waals surface area contributed by atoms with Gasteiger partial charge in [0.1, 0.15) is 0 Å². The molecule has 1 fully saturated rings. The minimum Gasteiger partial charge on any atom is -0.332 e. The van der Waals surface area contributed by atoms with Gasteiger partial charge in [-0.05, 0) is 17.9 Å². The molecule has 1 aromatic heterocycles. The molecule has 2 heterocycles. The molecule has 0 bridgehead atoms. The largest absolute Gasteiger partial charge is 0.332 e. The molecule has 0 unspecified atom stereocenters. The fourth-order valence-electron chi connectivity index (χ4n) is 2.36. The quantitative estimate of drug-likeness (QED) is 0.835. The summed E-state index contributed by atoms with van der Waals surface area (Å²) in [6.45, 7) is 7.07. The average molecular weight is 242 g/mol. The van der Waals surface area contributed by atoms with Gasteiger partial charge in [-0.3, -0.25) is 9.89 Å². The maximum atomic E-state index is 12.4. The minimum atomic E-state index is -0.0157. The molecule has 1 radical (unpaired) electrons. The van der Waals surface area contributed by atoms with E-state index in [0.717, 1.165) is 23.9 Å². The zero-order valence-corrected chi connectivity index (χ0v) is 10.6. The zero-order valence-electron chi connectivity index (χ0n) is 10.6. The average Bonchev–Trinajstić information content (AvgIpc) is 2.91. The smallest absolute Gasteiger partial charge is 0.275 e. The van der Waals surface area contributed by atoms with Gasteiger partial charge in [0.05, 0.1) is 12.1 Å². The first-order valence-electron chi connectivity index (χ1n) is 6.14. The van der Waals surface area contributed by atoms with Gasteiger partial charge in [-0.25, -0.2) is 0 Å². The lowest BCUT2D eigenvalue weighted by Crippen LogP contribution is -2.28. The molecule has 0 saturated carbocycles. The van der Waals surface area contributed by atoms with Gasteiger partial charge < -0.3 is 4.90 Å². The number of aromatic nitrogens is 2. The van der Waals surface area contributed by atoms with Crippen molar-refractivity contribution in [1.29, 1.82) is 0 Å². The summed E-state index contributed by atoms with van der Waals surface area (Å²) in [6, 6.07) is 7.70. The van der Waals surface area contributed by atoms with Crippen LogP contribution in [0.5, 0.6) is 0 Å². The Morgan fingerprint density at radius 1 is 1.39 bits per heavy atom. The molecule has 0 aliphatic carbocycles. The third-order valence-corrected chi connectivity index (χ3v) is 3.40. The molecule has 0 spiro atoms. The zero-order chi connectivity index (χ0) is 12.8. The maximum absolute atomic E-state index is 12.4. The number of hydrogen-bond acceptors (Lipinski definition) is 2. The number of likely N-dealkylation sites (tertiary alicyclic amines) is 1. The van der Waals surface area contributed by atoms with Crippen LogP contribution >= 0.6 is 0 Å². The van der Waals surface area contributed by atoms with E-state index in [4.69, 9.17) is 0 Å². The second-order valence-electron chi connectivity index (χ2n) is 5.60. The molecule has 18 heavy (non-hydrogen) atoms. The van der Waals surface area contributed by atoms with E-state index in [-0.39, 0.29) is 11.3 Å². The molecule has 1 aliphatic rings. The number of hydrogen-bond donors (Lipinski definition) is 1. The maximum Gasteiger partial charge on any atom is 0.275 e. The molecule has 1 aliphatic heterocycles. The Morgan fingerprint density at radius 2 is 2.17 bits per heavy atom. The Balaban J connectivity index is 1.93. The van der Waals surface area contributed by atoms with E-state index in [1.165, 1.54) is 0 Å². The molecule has 4 heteroatoms. The molecule has 93 valence electrons. The van der Waals surface area contributed by atoms with Gasteiger partial charge in [-0.1, -0.05) is 32.0 Å². The summed E-state index contributed by atoms with van der Waals surface area (Å²) < 4.78 is 0. The van der Waals surface area contributed by atoms with Crippen LogP contribution in [-0.4, -0.2) is 27.5 Å². The van der Waals surface area contributed by atoms with Gasteiger partial charge in [0.25, 0.3) is 5.91 Å². The minimum absolute atomic E-state index is 0.0157. The number of aromatic amines is 1. The SMILES string of the molecule is CC1(C)C[CH]N(C(=O)c2n[nH]c3ccccc23)C1. The second-order valence-corrected chi connectivity index (χ2v) is 5.60. The third kappa shape index (κ3) is 1.78. The molecule has 1 amide bonds. The predicted octanol–water partition coefficient (Wildman–Crippen LogP) is 2.60. The van der Waals surface area contributed by atoms with Crippen molar-refractivity contribution in [3.63, 3.8) is 0 Å². The van der Waals surface area contributed by atoms with Crippen molar-refractivity contribution < 1.29 is 4.79 Å². The Morgan fingerprint density at radius 3 is 2.89 bits per heavy atom. The van der Waals surface area contributed by atoms with Crippen LogP contribution in [0.2, 0.25) is 0 Å². The standard InChI is InChI=1S/C14H16N3O/c1-14(2)7-8-17(9-14)13(18)12-10-5-3-4-6-11(10)15-16-12/h3-6,8H,7,9H2,1-2H3,(H,15,16). The van der Waals surface area contributed by atoms with Crippen molar-refractivity contribution in [2.45, 2.75) is 20.3 Å². The van der Waals surface area contributed by atoms with E-state index in [9.17, 15) is 4.79 Å². The Kier molecular flexibility index (Phi) is 2.40. The van der Waals surface area contributed by atoms with Crippen LogP contribution in [0, 0.1) is 12.0 Å². The summed E-state index contributed by atoms with van der Waals surface area (Å²) in [6.07, 6.45) is 0.932. The van der Waals surface area contributed by atoms with E-state index in [0.29, 0.717) is 5.69 Å². The van der Waals surface area contributed by atoms with Gasteiger partial charge in [0.2, 0.25) is 0 Å². The Hall–Kier alpha value is -1.84. The van der Waals surface area contributed by atoms with E-state index >= 15 is 0 Å². The molecule has 3 rings (SSSR count). The van der Waals surface area contributed by atoms with E-state index in [1.54, 1.807) is 4.90 Å². The summed E-state index contributed by atoms with van der Waals surface area (Å²) in [5, 5.41) is 7.94. The van der Waals surface area contributed by atoms with Crippen LogP contribution in [0.25, 0.3) is 10.9 Å². The lowest BCUT2D eigenvalue weighted by molar-refractivity contribution is 0.0800. The van der Waals surface area contributed by atoms with Gasteiger partial charge in [-0.2, -0.15) is 5.10 Å². The lowest BCUT2D eigenvalue weighted by Gasteiger charge is -2.18. The van der Waals surface area contributed by atoms with Crippen LogP contribution in [0.1, 0.15) is 30.8 Å². The van der Waals surface area contributed by atoms with Crippen molar-refractivity contribution >= 4 is 16.8 Å². The van der Waals surface area contributed by atoms with E-state index < -0.39 is 0 Å². The van der Waals surface area contributed by atoms with Crippen molar-refractivity contribution in [2.75, 3.05) is 6.54 Å². The second kappa shape index (κ2) is 3.83. The van der Waals surface area contributed by atoms with E-state index in [2.05, 4.69) is 24.0 Å². The highest BCUT2D eigenvalue weighted by Gasteiger charge is 2.34. The van der Waals surface area contributed by atoms with Crippen LogP contribution in [0.15, 0.2) is 24.3 Å². The fourth-order valence-corrected chi connectivity index (χ4v) is 2.36. The number of rotatable bonds is 1. The first kappa shape index (κ1) is 11.3. The van der Waals surface area contributed by atoms with Crippen molar-refractivity contribution in [1.82, 2.24) is 15.1 Å². The van der Waals surface area contributed by atoms with Crippen LogP contribution in [-0.2, 0) is 0 Å². The molecule has 1 aromatic carbocycles. The van der Waals surface area contributed by atoms with Crippen molar-refractivity contribution in [3.8, 4) is 0 Å². The van der Waals surface area contributed by atoms with Crippen molar-refractivity contribution in [3.05, 3.63) is 36.5 Å². The molecule has 1 saturated heterocycles. The Bertz CT molecular complexity index is 600. The number of carbonyl (C=O) groups excluding carboxylic acids is 1. The highest BCUT2D eigenvalue weighted by Crippen LogP contribution is 2.32. The van der Waals surface area contributed by atoms with Crippen molar-refractivity contribution in [2.24, 2.45) is 5.41 Å². The third-order valence-electron chi connectivity index (χ3n) is 3.40. The van der Waals surface area contributed by atoms with Gasteiger partial charge in [-0.15, -0.1) is 0 Å². The summed E-state index contributed by atoms with van der Waals surface area (Å²) in [7, 11) is 0. The molecular formula is C14H16N3O. The monoisotopic (exact) mass is 242 g/mol. The Labute approximate surface area is 106 Å². The molecule has 0 atom stereocenters. The molecule has 4 nitrogen and oxygen atoms in total. The van der Waals surface area contributed by atoms with Crippen LogP contribution in [0.4, 0.5) is 0 Å². The fraction of sp³-hybridized carbons (Fsp3) is 0.357. The normalized spacial score (nSPS) is 18.4. The molecule has 2 aromatic rings. The summed E-state index contributed by atoms with van der Waals surface area (Å²) in [5.74, 6) is -0.0157. The number of para-hydroxylation sites is 1. The first-order valence-corrected chi connectivity index (χ1v) is 6.14. The van der Waals surface area contributed by atoms with Gasteiger partial charge in [0.15, 0.2) is 5.69 Å². The lowest BCUT2D eigenvalue weighted by atomic mass is 9.93. The molecule has 1 N–H and O–H groups in total. The number of carbonyl (C=O) groups is 1. The first-order chi connectivity index (χ1) is 8.57. The number of H-pyrrole nitrogens is 1. The van der Waals surface area contributed by atoms with Gasteiger partial charge in [0, 0.05) is 11.9 Å². The summed E-state index contributed by atoms with van der Waals surface area (Å²) >= 11 is 0. The van der Waals surface area contributed by atoms with Crippen LogP contribution < -0.4 is 0 Å². The van der Waals surface area contributed by atoms with E-state index in [1.807, 2.05) is 30.8 Å². The topological polar surface area (TPSA) is 49.0 Å². The molecular weight excluding hydrogens is 226 g/mol. The number of benzene rings is 1. The number of nitrogens with zero attached hydrogens (tertiary/aromatic N) is 2. The predicted molar refractivity (Wildman–Crippen MR) is 69.8 cm³/mol. The van der Waals surface area contributed by atoms with Gasteiger partial charge >= 0.3 is 0 Å². The highest BCUT2D eigenvalue weighted by atomic mass is 16.2.